The van der Waals surface area contributed by atoms with Crippen molar-refractivity contribution in [2.45, 2.75) is 23.1 Å². The molecule has 0 aromatic carbocycles. The molecule has 0 spiro atoms. The van der Waals surface area contributed by atoms with Crippen LogP contribution < -0.4 is 0 Å². The standard InChI is InChI=1S/2C6H12O6/c7-1-5(10)4-11-6(2-8,3-9)12-5;7-1-5(9)3-12-6(10,2-8)4-11-5/h2*7-10H,1-4H2. The smallest absolute Gasteiger partial charge is 0.218 e. The Bertz CT molecular complexity index is 360. The predicted molar refractivity (Wildman–Crippen MR) is 72.0 cm³/mol. The zero-order valence-corrected chi connectivity index (χ0v) is 12.9. The summed E-state index contributed by atoms with van der Waals surface area (Å²) in [5.74, 6) is -6.92. The molecule has 2 aliphatic rings. The molecule has 0 aromatic heterocycles. The lowest BCUT2D eigenvalue weighted by Gasteiger charge is -2.38. The molecular weight excluding hydrogens is 336 g/mol. The zero-order chi connectivity index (χ0) is 18.5. The van der Waals surface area contributed by atoms with Crippen LogP contribution in [0.2, 0.25) is 0 Å². The van der Waals surface area contributed by atoms with E-state index in [2.05, 4.69) is 0 Å². The van der Waals surface area contributed by atoms with Crippen molar-refractivity contribution in [1.82, 2.24) is 0 Å². The molecule has 144 valence electrons. The first-order valence-corrected chi connectivity index (χ1v) is 6.97. The predicted octanol–water partition coefficient (Wildman–Crippen LogP) is -5.21. The van der Waals surface area contributed by atoms with Gasteiger partial charge in [0.2, 0.25) is 23.1 Å². The topological polar surface area (TPSA) is 199 Å². The summed E-state index contributed by atoms with van der Waals surface area (Å²) >= 11 is 0. The Balaban J connectivity index is 0.000000240. The van der Waals surface area contributed by atoms with Gasteiger partial charge in [0.05, 0.1) is 33.0 Å². The van der Waals surface area contributed by atoms with Crippen LogP contribution in [0.15, 0.2) is 0 Å². The van der Waals surface area contributed by atoms with Crippen molar-refractivity contribution >= 4 is 0 Å². The Morgan fingerprint density at radius 3 is 1.12 bits per heavy atom. The highest BCUT2D eigenvalue weighted by Crippen LogP contribution is 2.28. The fourth-order valence-electron chi connectivity index (χ4n) is 1.69. The Morgan fingerprint density at radius 1 is 0.542 bits per heavy atom. The molecule has 0 aromatic rings. The van der Waals surface area contributed by atoms with E-state index >= 15 is 0 Å². The van der Waals surface area contributed by atoms with E-state index in [1.54, 1.807) is 0 Å². The van der Waals surface area contributed by atoms with Gasteiger partial charge in [-0.3, -0.25) is 0 Å². The van der Waals surface area contributed by atoms with Gasteiger partial charge in [0.25, 0.3) is 0 Å². The SMILES string of the molecule is OCC1(O)COC(CO)(CO)O1.OCC1(O)COC(O)(CO)CO1. The summed E-state index contributed by atoms with van der Waals surface area (Å²) in [6.45, 7) is -4.05. The van der Waals surface area contributed by atoms with Crippen molar-refractivity contribution in [1.29, 1.82) is 0 Å². The minimum Gasteiger partial charge on any atom is -0.391 e. The van der Waals surface area contributed by atoms with E-state index in [9.17, 15) is 15.3 Å². The van der Waals surface area contributed by atoms with Crippen molar-refractivity contribution in [2.75, 3.05) is 52.9 Å². The first kappa shape index (κ1) is 21.6. The molecule has 2 saturated heterocycles. The van der Waals surface area contributed by atoms with Crippen LogP contribution in [0.4, 0.5) is 0 Å². The van der Waals surface area contributed by atoms with Crippen LogP contribution in [0.25, 0.3) is 0 Å². The maximum Gasteiger partial charge on any atom is 0.218 e. The molecule has 0 aliphatic carbocycles. The second kappa shape index (κ2) is 8.27. The van der Waals surface area contributed by atoms with Gasteiger partial charge in [0.1, 0.15) is 19.8 Å². The van der Waals surface area contributed by atoms with Crippen LogP contribution in [0.3, 0.4) is 0 Å². The van der Waals surface area contributed by atoms with Gasteiger partial charge in [0.15, 0.2) is 0 Å². The molecule has 2 aliphatic heterocycles. The number of ether oxygens (including phenoxy) is 4. The largest absolute Gasteiger partial charge is 0.391 e. The summed E-state index contributed by atoms with van der Waals surface area (Å²) < 4.78 is 19.0. The number of aliphatic hydroxyl groups is 8. The molecule has 8 N–H and O–H groups in total. The molecule has 0 bridgehead atoms. The van der Waals surface area contributed by atoms with E-state index < -0.39 is 56.2 Å². The first-order chi connectivity index (χ1) is 11.1. The molecule has 12 heteroatoms. The molecule has 0 amide bonds. The van der Waals surface area contributed by atoms with Gasteiger partial charge in [-0.05, 0) is 0 Å². The zero-order valence-electron chi connectivity index (χ0n) is 12.9. The van der Waals surface area contributed by atoms with Gasteiger partial charge < -0.3 is 59.8 Å². The van der Waals surface area contributed by atoms with Crippen molar-refractivity contribution < 1.29 is 59.8 Å². The maximum absolute atomic E-state index is 9.28. The number of rotatable bonds is 5. The Labute approximate surface area is 137 Å². The molecule has 3 atom stereocenters. The number of aliphatic hydroxyl groups excluding tert-OH is 5. The summed E-state index contributed by atoms with van der Waals surface area (Å²) in [4.78, 5) is 0. The Hall–Kier alpha value is -0.480. The molecule has 2 heterocycles. The summed E-state index contributed by atoms with van der Waals surface area (Å²) in [6.07, 6.45) is 0. The molecule has 0 radical (unpaired) electrons. The van der Waals surface area contributed by atoms with Gasteiger partial charge in [-0.15, -0.1) is 0 Å². The Morgan fingerprint density at radius 2 is 0.917 bits per heavy atom. The van der Waals surface area contributed by atoms with Gasteiger partial charge in [-0.1, -0.05) is 0 Å². The highest BCUT2D eigenvalue weighted by molar-refractivity contribution is 4.82. The van der Waals surface area contributed by atoms with Crippen LogP contribution in [0, 0.1) is 0 Å². The van der Waals surface area contributed by atoms with Gasteiger partial charge >= 0.3 is 0 Å². The first-order valence-electron chi connectivity index (χ1n) is 6.97. The van der Waals surface area contributed by atoms with Crippen LogP contribution in [0.5, 0.6) is 0 Å². The lowest BCUT2D eigenvalue weighted by molar-refractivity contribution is -0.377. The van der Waals surface area contributed by atoms with Crippen LogP contribution in [-0.4, -0.2) is 117 Å². The van der Waals surface area contributed by atoms with Gasteiger partial charge in [0, 0.05) is 0 Å². The average Bonchev–Trinajstić information content (AvgIpc) is 2.97. The highest BCUT2D eigenvalue weighted by atomic mass is 16.8. The van der Waals surface area contributed by atoms with Crippen LogP contribution in [-0.2, 0) is 18.9 Å². The summed E-state index contributed by atoms with van der Waals surface area (Å²) in [5.41, 5.74) is 0. The monoisotopic (exact) mass is 360 g/mol. The minimum atomic E-state index is -1.81. The van der Waals surface area contributed by atoms with Crippen LogP contribution >= 0.6 is 0 Å². The second-order valence-electron chi connectivity index (χ2n) is 5.51. The van der Waals surface area contributed by atoms with Gasteiger partial charge in [-0.25, -0.2) is 0 Å². The van der Waals surface area contributed by atoms with Crippen molar-refractivity contribution in [3.8, 4) is 0 Å². The molecule has 3 unspecified atom stereocenters. The van der Waals surface area contributed by atoms with Gasteiger partial charge in [-0.2, -0.15) is 0 Å². The van der Waals surface area contributed by atoms with E-state index in [1.807, 2.05) is 0 Å². The van der Waals surface area contributed by atoms with Crippen molar-refractivity contribution in [3.05, 3.63) is 0 Å². The van der Waals surface area contributed by atoms with Crippen molar-refractivity contribution in [3.63, 3.8) is 0 Å². The summed E-state index contributed by atoms with van der Waals surface area (Å²) in [6, 6.07) is 0. The van der Waals surface area contributed by atoms with E-state index in [0.717, 1.165) is 0 Å². The fourth-order valence-corrected chi connectivity index (χ4v) is 1.69. The summed E-state index contributed by atoms with van der Waals surface area (Å²) in [7, 11) is 0. The quantitative estimate of drug-likeness (QED) is 0.232. The van der Waals surface area contributed by atoms with E-state index in [0.29, 0.717) is 0 Å². The second-order valence-corrected chi connectivity index (χ2v) is 5.51. The third-order valence-electron chi connectivity index (χ3n) is 3.29. The Kier molecular flexibility index (Phi) is 7.43. The minimum absolute atomic E-state index is 0.273. The molecule has 12 nitrogen and oxygen atoms in total. The fraction of sp³-hybridized carbons (Fsp3) is 1.00. The molecule has 2 fully saturated rings. The van der Waals surface area contributed by atoms with E-state index in [4.69, 9.17) is 44.5 Å². The highest BCUT2D eigenvalue weighted by Gasteiger charge is 2.49. The normalized spacial score (nSPS) is 38.5. The lowest BCUT2D eigenvalue weighted by Crippen LogP contribution is -2.56. The van der Waals surface area contributed by atoms with E-state index in [1.165, 1.54) is 0 Å². The molecular formula is C12H24O12. The van der Waals surface area contributed by atoms with Crippen LogP contribution in [0.1, 0.15) is 0 Å². The van der Waals surface area contributed by atoms with Crippen molar-refractivity contribution in [2.24, 2.45) is 0 Å². The number of hydrogen-bond acceptors (Lipinski definition) is 12. The van der Waals surface area contributed by atoms with E-state index in [-0.39, 0.29) is 19.8 Å². The summed E-state index contributed by atoms with van der Waals surface area (Å²) in [5, 5.41) is 71.0. The molecule has 24 heavy (non-hydrogen) atoms. The third kappa shape index (κ3) is 5.26. The molecule has 2 rings (SSSR count). The maximum atomic E-state index is 9.28. The third-order valence-corrected chi connectivity index (χ3v) is 3.29. The lowest BCUT2D eigenvalue weighted by atomic mass is 10.2. The number of hydrogen-bond donors (Lipinski definition) is 8. The average molecular weight is 360 g/mol. The molecule has 0 saturated carbocycles.